The average Bonchev–Trinajstić information content (AvgIpc) is 3.32. The van der Waals surface area contributed by atoms with Crippen LogP contribution in [0, 0.1) is 5.92 Å². The second-order valence-corrected chi connectivity index (χ2v) is 9.77. The molecule has 2 aromatic rings. The molecular weight excluding hydrogens is 518 g/mol. The van der Waals surface area contributed by atoms with Crippen LogP contribution in [-0.2, 0) is 4.74 Å². The molecule has 1 unspecified atom stereocenters. The minimum absolute atomic E-state index is 0.0775. The lowest BCUT2D eigenvalue weighted by molar-refractivity contribution is 0.0857. The lowest BCUT2D eigenvalue weighted by Crippen LogP contribution is -2.34. The monoisotopic (exact) mass is 547 g/mol. The van der Waals surface area contributed by atoms with Crippen molar-refractivity contribution >= 4 is 50.8 Å². The number of benzene rings is 2. The summed E-state index contributed by atoms with van der Waals surface area (Å²) in [5, 5.41) is 8.65. The van der Waals surface area contributed by atoms with E-state index in [0.717, 1.165) is 25.9 Å². The van der Waals surface area contributed by atoms with Crippen LogP contribution in [0.5, 0.6) is 5.75 Å². The zero-order chi connectivity index (χ0) is 24.5. The second kappa shape index (κ2) is 12.8. The number of hydrogen-bond donors (Lipinski definition) is 3. The SMILES string of the molecule is CC(C)CCOc1ccc(C(=O)NC(=S)Nc2cccc(C(=O)NCC3CCCO3)c2)cc1Br. The van der Waals surface area contributed by atoms with Crippen molar-refractivity contribution in [2.75, 3.05) is 25.1 Å². The van der Waals surface area contributed by atoms with Crippen molar-refractivity contribution in [2.45, 2.75) is 39.2 Å². The summed E-state index contributed by atoms with van der Waals surface area (Å²) in [4.78, 5) is 25.1. The second-order valence-electron chi connectivity index (χ2n) is 8.51. The molecule has 7 nitrogen and oxygen atoms in total. The highest BCUT2D eigenvalue weighted by molar-refractivity contribution is 9.10. The Labute approximate surface area is 214 Å². The van der Waals surface area contributed by atoms with Crippen LogP contribution in [0.25, 0.3) is 0 Å². The number of nitrogens with one attached hydrogen (secondary N) is 3. The molecule has 9 heteroatoms. The van der Waals surface area contributed by atoms with Crippen molar-refractivity contribution < 1.29 is 19.1 Å². The molecule has 1 fully saturated rings. The van der Waals surface area contributed by atoms with Gasteiger partial charge in [-0.1, -0.05) is 19.9 Å². The van der Waals surface area contributed by atoms with E-state index in [4.69, 9.17) is 21.7 Å². The van der Waals surface area contributed by atoms with Gasteiger partial charge in [-0.15, -0.1) is 0 Å². The summed E-state index contributed by atoms with van der Waals surface area (Å²) in [6.45, 7) is 6.13. The Balaban J connectivity index is 1.51. The third-order valence-corrected chi connectivity index (χ3v) is 6.09. The molecule has 0 aliphatic carbocycles. The van der Waals surface area contributed by atoms with Crippen LogP contribution in [0.4, 0.5) is 5.69 Å². The number of ether oxygens (including phenoxy) is 2. The third-order valence-electron chi connectivity index (χ3n) is 5.27. The molecule has 1 saturated heterocycles. The van der Waals surface area contributed by atoms with Gasteiger partial charge in [0.15, 0.2) is 5.11 Å². The van der Waals surface area contributed by atoms with E-state index in [9.17, 15) is 9.59 Å². The molecular formula is C25H30BrN3O4S. The zero-order valence-electron chi connectivity index (χ0n) is 19.4. The van der Waals surface area contributed by atoms with Crippen LogP contribution in [0.2, 0.25) is 0 Å². The average molecular weight is 549 g/mol. The largest absolute Gasteiger partial charge is 0.492 e. The molecule has 2 aromatic carbocycles. The van der Waals surface area contributed by atoms with Gasteiger partial charge in [0.2, 0.25) is 0 Å². The number of carbonyl (C=O) groups excluding carboxylic acids is 2. The van der Waals surface area contributed by atoms with Gasteiger partial charge in [0, 0.05) is 30.0 Å². The van der Waals surface area contributed by atoms with Gasteiger partial charge in [0.05, 0.1) is 17.2 Å². The first-order chi connectivity index (χ1) is 16.3. The molecule has 2 amide bonds. The van der Waals surface area contributed by atoms with Crippen LogP contribution in [0.15, 0.2) is 46.9 Å². The highest BCUT2D eigenvalue weighted by Crippen LogP contribution is 2.26. The normalized spacial score (nSPS) is 15.1. The number of hydrogen-bond acceptors (Lipinski definition) is 5. The highest BCUT2D eigenvalue weighted by Gasteiger charge is 2.17. The summed E-state index contributed by atoms with van der Waals surface area (Å²) in [5.41, 5.74) is 1.54. The molecule has 0 radical (unpaired) electrons. The van der Waals surface area contributed by atoms with Gasteiger partial charge in [-0.05, 0) is 89.7 Å². The van der Waals surface area contributed by atoms with Crippen LogP contribution < -0.4 is 20.7 Å². The number of amides is 2. The smallest absolute Gasteiger partial charge is 0.257 e. The molecule has 1 atom stereocenters. The third kappa shape index (κ3) is 8.07. The topological polar surface area (TPSA) is 88.7 Å². The maximum Gasteiger partial charge on any atom is 0.257 e. The van der Waals surface area contributed by atoms with Gasteiger partial charge in [0.25, 0.3) is 11.8 Å². The number of anilines is 1. The van der Waals surface area contributed by atoms with Crippen LogP contribution in [0.3, 0.4) is 0 Å². The number of carbonyl (C=O) groups is 2. The maximum absolute atomic E-state index is 12.6. The quantitative estimate of drug-likeness (QED) is 0.386. The van der Waals surface area contributed by atoms with Crippen molar-refractivity contribution in [1.82, 2.24) is 10.6 Å². The predicted octanol–water partition coefficient (Wildman–Crippen LogP) is 4.91. The van der Waals surface area contributed by atoms with Crippen molar-refractivity contribution in [3.8, 4) is 5.75 Å². The Hall–Kier alpha value is -2.49. The highest BCUT2D eigenvalue weighted by atomic mass is 79.9. The first kappa shape index (κ1) is 26.1. The van der Waals surface area contributed by atoms with E-state index in [1.165, 1.54) is 0 Å². The van der Waals surface area contributed by atoms with E-state index in [1.807, 2.05) is 0 Å². The lowest BCUT2D eigenvalue weighted by atomic mass is 10.1. The molecule has 3 N–H and O–H groups in total. The molecule has 1 aliphatic rings. The summed E-state index contributed by atoms with van der Waals surface area (Å²) < 4.78 is 12.0. The predicted molar refractivity (Wildman–Crippen MR) is 141 cm³/mol. The summed E-state index contributed by atoms with van der Waals surface area (Å²) in [6.07, 6.45) is 3.01. The van der Waals surface area contributed by atoms with Gasteiger partial charge in [-0.25, -0.2) is 0 Å². The fourth-order valence-electron chi connectivity index (χ4n) is 3.35. The van der Waals surface area contributed by atoms with Crippen LogP contribution in [-0.4, -0.2) is 42.8 Å². The maximum atomic E-state index is 12.6. The standard InChI is InChI=1S/C25H30BrN3O4S/c1-16(2)10-12-33-22-9-8-18(14-21(22)26)24(31)29-25(34)28-19-6-3-5-17(13-19)23(30)27-15-20-7-4-11-32-20/h3,5-6,8-9,13-14,16,20H,4,7,10-12,15H2,1-2H3,(H,27,30)(H2,28,29,31,34). The molecule has 182 valence electrons. The lowest BCUT2D eigenvalue weighted by Gasteiger charge is -2.13. The zero-order valence-corrected chi connectivity index (χ0v) is 21.8. The Bertz CT molecular complexity index is 1020. The molecule has 1 aliphatic heterocycles. The minimum Gasteiger partial charge on any atom is -0.492 e. The molecule has 0 bridgehead atoms. The number of thiocarbonyl (C=S) groups is 1. The van der Waals surface area contributed by atoms with Gasteiger partial charge in [0.1, 0.15) is 5.75 Å². The van der Waals surface area contributed by atoms with E-state index in [-0.39, 0.29) is 23.0 Å². The first-order valence-corrected chi connectivity index (χ1v) is 12.6. The van der Waals surface area contributed by atoms with E-state index < -0.39 is 0 Å². The van der Waals surface area contributed by atoms with E-state index in [1.54, 1.807) is 42.5 Å². The summed E-state index contributed by atoms with van der Waals surface area (Å²) in [7, 11) is 0. The van der Waals surface area contributed by atoms with Gasteiger partial charge >= 0.3 is 0 Å². The number of rotatable bonds is 9. The molecule has 0 aromatic heterocycles. The Morgan fingerprint density at radius 3 is 2.68 bits per heavy atom. The summed E-state index contributed by atoms with van der Waals surface area (Å²) >= 11 is 8.75. The van der Waals surface area contributed by atoms with Crippen molar-refractivity contribution in [3.05, 3.63) is 58.1 Å². The van der Waals surface area contributed by atoms with E-state index >= 15 is 0 Å². The Morgan fingerprint density at radius 2 is 1.97 bits per heavy atom. The van der Waals surface area contributed by atoms with Crippen molar-refractivity contribution in [2.24, 2.45) is 5.92 Å². The van der Waals surface area contributed by atoms with E-state index in [0.29, 0.717) is 46.1 Å². The van der Waals surface area contributed by atoms with Gasteiger partial charge < -0.3 is 20.1 Å². The van der Waals surface area contributed by atoms with Gasteiger partial charge in [-0.3, -0.25) is 14.9 Å². The van der Waals surface area contributed by atoms with Crippen molar-refractivity contribution in [3.63, 3.8) is 0 Å². The fourth-order valence-corrected chi connectivity index (χ4v) is 4.06. The molecule has 0 spiro atoms. The molecule has 1 heterocycles. The molecule has 34 heavy (non-hydrogen) atoms. The fraction of sp³-hybridized carbons (Fsp3) is 0.400. The Morgan fingerprint density at radius 1 is 1.18 bits per heavy atom. The molecule has 3 rings (SSSR count). The van der Waals surface area contributed by atoms with Crippen LogP contribution >= 0.6 is 28.1 Å². The summed E-state index contributed by atoms with van der Waals surface area (Å²) in [5.74, 6) is 0.707. The number of halogens is 1. The first-order valence-electron chi connectivity index (χ1n) is 11.4. The summed E-state index contributed by atoms with van der Waals surface area (Å²) in [6, 6.07) is 12.1. The van der Waals surface area contributed by atoms with E-state index in [2.05, 4.69) is 45.7 Å². The Kier molecular flexibility index (Phi) is 9.86. The van der Waals surface area contributed by atoms with Gasteiger partial charge in [-0.2, -0.15) is 0 Å². The minimum atomic E-state index is -0.350. The van der Waals surface area contributed by atoms with Crippen molar-refractivity contribution in [1.29, 1.82) is 0 Å². The van der Waals surface area contributed by atoms with Crippen LogP contribution in [0.1, 0.15) is 53.8 Å². The molecule has 0 saturated carbocycles.